The molecule has 2 heterocycles. The number of thiophene rings is 1. The Kier molecular flexibility index (Phi) is 7.76. The predicted molar refractivity (Wildman–Crippen MR) is 105 cm³/mol. The SMILES string of the molecule is CCOc1cccc(CNCCN2CCOCC2)c1OCc1cccs1. The lowest BCUT2D eigenvalue weighted by atomic mass is 10.2. The molecule has 26 heavy (non-hydrogen) atoms. The van der Waals surface area contributed by atoms with Gasteiger partial charge in [0, 0.05) is 43.2 Å². The standard InChI is InChI=1S/C20H28N2O3S/c1-2-24-19-7-3-5-17(20(19)25-16-18-6-4-14-26-18)15-21-8-9-22-10-12-23-13-11-22/h3-7,14,21H,2,8-13,15-16H2,1H3. The lowest BCUT2D eigenvalue weighted by Gasteiger charge is -2.26. The summed E-state index contributed by atoms with van der Waals surface area (Å²) in [5, 5.41) is 5.61. The molecule has 1 aliphatic heterocycles. The highest BCUT2D eigenvalue weighted by atomic mass is 32.1. The summed E-state index contributed by atoms with van der Waals surface area (Å²) in [5.41, 5.74) is 1.13. The van der Waals surface area contributed by atoms with Crippen LogP contribution >= 0.6 is 11.3 Å². The Morgan fingerprint density at radius 2 is 2.04 bits per heavy atom. The summed E-state index contributed by atoms with van der Waals surface area (Å²) in [4.78, 5) is 3.64. The molecule has 3 rings (SSSR count). The number of morpholine rings is 1. The fraction of sp³-hybridized carbons (Fsp3) is 0.500. The third kappa shape index (κ3) is 5.71. The van der Waals surface area contributed by atoms with Gasteiger partial charge in [-0.2, -0.15) is 0 Å². The van der Waals surface area contributed by atoms with Gasteiger partial charge in [-0.05, 0) is 24.4 Å². The van der Waals surface area contributed by atoms with Crippen LogP contribution in [0.25, 0.3) is 0 Å². The fourth-order valence-corrected chi connectivity index (χ4v) is 3.57. The van der Waals surface area contributed by atoms with Crippen LogP contribution in [-0.4, -0.2) is 50.9 Å². The molecular formula is C20H28N2O3S. The molecule has 1 aliphatic rings. The first-order chi connectivity index (χ1) is 12.9. The molecule has 0 unspecified atom stereocenters. The van der Waals surface area contributed by atoms with Gasteiger partial charge in [0.1, 0.15) is 6.61 Å². The zero-order valence-electron chi connectivity index (χ0n) is 15.4. The number of nitrogens with one attached hydrogen (secondary N) is 1. The van der Waals surface area contributed by atoms with Crippen molar-refractivity contribution < 1.29 is 14.2 Å². The Balaban J connectivity index is 1.56. The highest BCUT2D eigenvalue weighted by molar-refractivity contribution is 7.09. The molecule has 0 saturated carbocycles. The second-order valence-electron chi connectivity index (χ2n) is 6.18. The van der Waals surface area contributed by atoms with Crippen LogP contribution in [0.5, 0.6) is 11.5 Å². The largest absolute Gasteiger partial charge is 0.490 e. The molecule has 1 fully saturated rings. The smallest absolute Gasteiger partial charge is 0.166 e. The fourth-order valence-electron chi connectivity index (χ4n) is 2.96. The summed E-state index contributed by atoms with van der Waals surface area (Å²) in [6.07, 6.45) is 0. The van der Waals surface area contributed by atoms with Gasteiger partial charge in [0.15, 0.2) is 11.5 Å². The molecule has 0 bridgehead atoms. The van der Waals surface area contributed by atoms with E-state index in [0.717, 1.165) is 63.0 Å². The minimum absolute atomic E-state index is 0.572. The van der Waals surface area contributed by atoms with Crippen LogP contribution in [0.3, 0.4) is 0 Å². The maximum atomic E-state index is 6.13. The van der Waals surface area contributed by atoms with Gasteiger partial charge >= 0.3 is 0 Å². The van der Waals surface area contributed by atoms with Crippen molar-refractivity contribution in [1.82, 2.24) is 10.2 Å². The Hall–Kier alpha value is -1.60. The van der Waals surface area contributed by atoms with Crippen molar-refractivity contribution in [2.45, 2.75) is 20.1 Å². The Morgan fingerprint density at radius 1 is 1.15 bits per heavy atom. The van der Waals surface area contributed by atoms with Gasteiger partial charge < -0.3 is 19.5 Å². The minimum atomic E-state index is 0.572. The van der Waals surface area contributed by atoms with Crippen molar-refractivity contribution >= 4 is 11.3 Å². The lowest BCUT2D eigenvalue weighted by Crippen LogP contribution is -2.40. The normalized spacial score (nSPS) is 15.1. The quantitative estimate of drug-likeness (QED) is 0.645. The molecule has 5 nitrogen and oxygen atoms in total. The third-order valence-electron chi connectivity index (χ3n) is 4.32. The molecule has 0 radical (unpaired) electrons. The molecule has 1 aromatic carbocycles. The summed E-state index contributed by atoms with van der Waals surface area (Å²) in [5.74, 6) is 1.66. The van der Waals surface area contributed by atoms with E-state index in [4.69, 9.17) is 14.2 Å². The van der Waals surface area contributed by atoms with Crippen molar-refractivity contribution in [1.29, 1.82) is 0 Å². The van der Waals surface area contributed by atoms with E-state index in [2.05, 4.69) is 27.7 Å². The first kappa shape index (κ1) is 19.2. The van der Waals surface area contributed by atoms with E-state index >= 15 is 0 Å². The summed E-state index contributed by atoms with van der Waals surface area (Å²) in [6.45, 7) is 9.69. The molecule has 0 aliphatic carbocycles. The van der Waals surface area contributed by atoms with E-state index in [-0.39, 0.29) is 0 Å². The number of hydrogen-bond acceptors (Lipinski definition) is 6. The van der Waals surface area contributed by atoms with Crippen molar-refractivity contribution in [2.24, 2.45) is 0 Å². The molecule has 1 N–H and O–H groups in total. The number of benzene rings is 1. The van der Waals surface area contributed by atoms with Crippen molar-refractivity contribution in [2.75, 3.05) is 46.0 Å². The predicted octanol–water partition coefficient (Wildman–Crippen LogP) is 3.15. The van der Waals surface area contributed by atoms with Crippen molar-refractivity contribution in [3.63, 3.8) is 0 Å². The molecular weight excluding hydrogens is 348 g/mol. The van der Waals surface area contributed by atoms with E-state index in [1.54, 1.807) is 11.3 Å². The Morgan fingerprint density at radius 3 is 2.81 bits per heavy atom. The van der Waals surface area contributed by atoms with Gasteiger partial charge in [-0.1, -0.05) is 18.2 Å². The van der Waals surface area contributed by atoms with E-state index in [0.29, 0.717) is 13.2 Å². The van der Waals surface area contributed by atoms with Crippen LogP contribution in [0.1, 0.15) is 17.4 Å². The number of hydrogen-bond donors (Lipinski definition) is 1. The van der Waals surface area contributed by atoms with E-state index in [1.807, 2.05) is 25.1 Å². The molecule has 0 atom stereocenters. The monoisotopic (exact) mass is 376 g/mol. The van der Waals surface area contributed by atoms with Crippen LogP contribution in [0.2, 0.25) is 0 Å². The van der Waals surface area contributed by atoms with Crippen LogP contribution < -0.4 is 14.8 Å². The third-order valence-corrected chi connectivity index (χ3v) is 5.17. The van der Waals surface area contributed by atoms with Crippen LogP contribution in [0.4, 0.5) is 0 Å². The molecule has 142 valence electrons. The van der Waals surface area contributed by atoms with Crippen LogP contribution in [-0.2, 0) is 17.9 Å². The second kappa shape index (κ2) is 10.5. The summed E-state index contributed by atoms with van der Waals surface area (Å²) < 4.78 is 17.3. The zero-order valence-corrected chi connectivity index (χ0v) is 16.2. The van der Waals surface area contributed by atoms with Crippen LogP contribution in [0, 0.1) is 0 Å². The minimum Gasteiger partial charge on any atom is -0.490 e. The maximum Gasteiger partial charge on any atom is 0.166 e. The number of ether oxygens (including phenoxy) is 3. The summed E-state index contributed by atoms with van der Waals surface area (Å²) in [7, 11) is 0. The van der Waals surface area contributed by atoms with Gasteiger partial charge in [0.05, 0.1) is 19.8 Å². The first-order valence-corrected chi connectivity index (χ1v) is 10.2. The molecule has 6 heteroatoms. The summed E-state index contributed by atoms with van der Waals surface area (Å²) in [6, 6.07) is 10.3. The molecule has 2 aromatic rings. The first-order valence-electron chi connectivity index (χ1n) is 9.27. The van der Waals surface area contributed by atoms with Gasteiger partial charge in [0.25, 0.3) is 0 Å². The topological polar surface area (TPSA) is 43.0 Å². The average molecular weight is 377 g/mol. The van der Waals surface area contributed by atoms with Gasteiger partial charge in [0.2, 0.25) is 0 Å². The van der Waals surface area contributed by atoms with Crippen molar-refractivity contribution in [3.05, 3.63) is 46.2 Å². The maximum absolute atomic E-state index is 6.13. The zero-order chi connectivity index (χ0) is 18.0. The van der Waals surface area contributed by atoms with Gasteiger partial charge in [-0.25, -0.2) is 0 Å². The highest BCUT2D eigenvalue weighted by Gasteiger charge is 2.13. The van der Waals surface area contributed by atoms with E-state index < -0.39 is 0 Å². The molecule has 0 spiro atoms. The Labute approximate surface area is 159 Å². The molecule has 0 amide bonds. The highest BCUT2D eigenvalue weighted by Crippen LogP contribution is 2.32. The number of para-hydroxylation sites is 1. The number of rotatable bonds is 10. The van der Waals surface area contributed by atoms with Crippen molar-refractivity contribution in [3.8, 4) is 11.5 Å². The van der Waals surface area contributed by atoms with E-state index in [9.17, 15) is 0 Å². The summed E-state index contributed by atoms with van der Waals surface area (Å²) >= 11 is 1.71. The van der Waals surface area contributed by atoms with Gasteiger partial charge in [-0.15, -0.1) is 11.3 Å². The van der Waals surface area contributed by atoms with E-state index in [1.165, 1.54) is 4.88 Å². The average Bonchev–Trinajstić information content (AvgIpc) is 3.19. The number of nitrogens with zero attached hydrogens (tertiary/aromatic N) is 1. The van der Waals surface area contributed by atoms with Gasteiger partial charge in [-0.3, -0.25) is 4.90 Å². The molecule has 1 saturated heterocycles. The van der Waals surface area contributed by atoms with Crippen LogP contribution in [0.15, 0.2) is 35.7 Å². The lowest BCUT2D eigenvalue weighted by molar-refractivity contribution is 0.0384. The molecule has 1 aromatic heterocycles. The second-order valence-corrected chi connectivity index (χ2v) is 7.21. The Bertz CT molecular complexity index is 643.